The van der Waals surface area contributed by atoms with Crippen molar-refractivity contribution >= 4 is 12.0 Å². The molecule has 0 spiro atoms. The number of hydrogen-bond acceptors (Lipinski definition) is 3. The van der Waals surface area contributed by atoms with Gasteiger partial charge >= 0.3 is 6.09 Å². The Kier molecular flexibility index (Phi) is 4.79. The first-order valence-electron chi connectivity index (χ1n) is 8.03. The Hall–Kier alpha value is -1.26. The zero-order chi connectivity index (χ0) is 15.6. The van der Waals surface area contributed by atoms with Crippen LogP contribution in [-0.2, 0) is 9.53 Å². The maximum Gasteiger partial charge on any atom is 0.410 e. The largest absolute Gasteiger partial charge is 0.444 e. The minimum Gasteiger partial charge on any atom is -0.444 e. The monoisotopic (exact) mass is 296 g/mol. The third-order valence-corrected chi connectivity index (χ3v) is 4.24. The van der Waals surface area contributed by atoms with E-state index in [4.69, 9.17) is 4.74 Å². The lowest BCUT2D eigenvalue weighted by Crippen LogP contribution is -2.49. The zero-order valence-corrected chi connectivity index (χ0v) is 13.6. The standard InChI is InChI=1S/C16H28N2O3/c1-11-9-13(10-11)17-14(19)12-5-7-18(8-6-12)15(20)21-16(2,3)4/h11-13H,5-10H2,1-4H3,(H,17,19). The summed E-state index contributed by atoms with van der Waals surface area (Å²) in [6, 6.07) is 0.372. The van der Waals surface area contributed by atoms with E-state index in [1.807, 2.05) is 20.8 Å². The molecule has 5 heteroatoms. The molecule has 1 aliphatic heterocycles. The van der Waals surface area contributed by atoms with Crippen LogP contribution in [0.5, 0.6) is 0 Å². The first-order valence-corrected chi connectivity index (χ1v) is 8.03. The predicted molar refractivity (Wildman–Crippen MR) is 80.9 cm³/mol. The first-order chi connectivity index (χ1) is 9.74. The van der Waals surface area contributed by atoms with Crippen molar-refractivity contribution in [3.8, 4) is 0 Å². The van der Waals surface area contributed by atoms with Crippen LogP contribution in [0, 0.1) is 11.8 Å². The summed E-state index contributed by atoms with van der Waals surface area (Å²) in [5.74, 6) is 0.944. The van der Waals surface area contributed by atoms with Crippen molar-refractivity contribution in [2.75, 3.05) is 13.1 Å². The van der Waals surface area contributed by atoms with E-state index in [1.165, 1.54) is 0 Å². The number of amides is 2. The Morgan fingerprint density at radius 2 is 1.71 bits per heavy atom. The molecule has 5 nitrogen and oxygen atoms in total. The van der Waals surface area contributed by atoms with Crippen LogP contribution in [0.4, 0.5) is 4.79 Å². The summed E-state index contributed by atoms with van der Waals surface area (Å²) in [6.07, 6.45) is 3.39. The average Bonchev–Trinajstić information content (AvgIpc) is 2.35. The van der Waals surface area contributed by atoms with E-state index < -0.39 is 5.60 Å². The van der Waals surface area contributed by atoms with E-state index in [9.17, 15) is 9.59 Å². The number of carbonyl (C=O) groups is 2. The first kappa shape index (κ1) is 16.1. The molecule has 1 saturated heterocycles. The van der Waals surface area contributed by atoms with Gasteiger partial charge in [-0.1, -0.05) is 6.92 Å². The molecule has 0 atom stereocenters. The molecular formula is C16H28N2O3. The molecule has 0 radical (unpaired) electrons. The van der Waals surface area contributed by atoms with E-state index in [0.29, 0.717) is 19.1 Å². The minimum atomic E-state index is -0.466. The van der Waals surface area contributed by atoms with Gasteiger partial charge in [0, 0.05) is 25.0 Å². The van der Waals surface area contributed by atoms with Crippen molar-refractivity contribution in [3.63, 3.8) is 0 Å². The molecule has 2 rings (SSSR count). The number of carbonyl (C=O) groups excluding carboxylic acids is 2. The summed E-state index contributed by atoms with van der Waals surface area (Å²) in [6.45, 7) is 9.02. The second-order valence-electron chi connectivity index (χ2n) is 7.52. The normalized spacial score (nSPS) is 27.0. The van der Waals surface area contributed by atoms with E-state index in [-0.39, 0.29) is 17.9 Å². The molecule has 1 aliphatic carbocycles. The molecule has 0 unspecified atom stereocenters. The molecule has 0 bridgehead atoms. The summed E-state index contributed by atoms with van der Waals surface area (Å²) in [5.41, 5.74) is -0.466. The van der Waals surface area contributed by atoms with E-state index in [1.54, 1.807) is 4.90 Å². The number of nitrogens with one attached hydrogen (secondary N) is 1. The highest BCUT2D eigenvalue weighted by Gasteiger charge is 2.32. The van der Waals surface area contributed by atoms with Gasteiger partial charge in [0.1, 0.15) is 5.60 Å². The van der Waals surface area contributed by atoms with Gasteiger partial charge < -0.3 is 15.0 Å². The second-order valence-corrected chi connectivity index (χ2v) is 7.52. The quantitative estimate of drug-likeness (QED) is 0.852. The Balaban J connectivity index is 1.72. The molecule has 2 fully saturated rings. The fraction of sp³-hybridized carbons (Fsp3) is 0.875. The molecule has 0 aromatic carbocycles. The molecule has 21 heavy (non-hydrogen) atoms. The van der Waals surface area contributed by atoms with Crippen LogP contribution in [0.1, 0.15) is 53.4 Å². The minimum absolute atomic E-state index is 0.0413. The predicted octanol–water partition coefficient (Wildman–Crippen LogP) is 2.55. The summed E-state index contributed by atoms with van der Waals surface area (Å²) in [7, 11) is 0. The molecule has 1 heterocycles. The number of likely N-dealkylation sites (tertiary alicyclic amines) is 1. The highest BCUT2D eigenvalue weighted by molar-refractivity contribution is 5.79. The third kappa shape index (κ3) is 4.61. The molecule has 0 aromatic rings. The van der Waals surface area contributed by atoms with Gasteiger partial charge in [-0.15, -0.1) is 0 Å². The van der Waals surface area contributed by atoms with Gasteiger partial charge in [0.25, 0.3) is 0 Å². The van der Waals surface area contributed by atoms with Gasteiger partial charge in [-0.3, -0.25) is 4.79 Å². The average molecular weight is 296 g/mol. The fourth-order valence-corrected chi connectivity index (χ4v) is 2.99. The fourth-order valence-electron chi connectivity index (χ4n) is 2.99. The Morgan fingerprint density at radius 3 is 2.19 bits per heavy atom. The number of rotatable bonds is 2. The van der Waals surface area contributed by atoms with Crippen LogP contribution in [0.25, 0.3) is 0 Å². The highest BCUT2D eigenvalue weighted by Crippen LogP contribution is 2.27. The van der Waals surface area contributed by atoms with Crippen molar-refractivity contribution < 1.29 is 14.3 Å². The van der Waals surface area contributed by atoms with Gasteiger partial charge in [0.15, 0.2) is 0 Å². The van der Waals surface area contributed by atoms with Crippen LogP contribution in [-0.4, -0.2) is 41.6 Å². The molecular weight excluding hydrogens is 268 g/mol. The highest BCUT2D eigenvalue weighted by atomic mass is 16.6. The van der Waals surface area contributed by atoms with Crippen LogP contribution >= 0.6 is 0 Å². The molecule has 120 valence electrons. The molecule has 2 aliphatic rings. The lowest BCUT2D eigenvalue weighted by molar-refractivity contribution is -0.128. The van der Waals surface area contributed by atoms with Gasteiger partial charge in [0.05, 0.1) is 0 Å². The van der Waals surface area contributed by atoms with E-state index >= 15 is 0 Å². The molecule has 1 N–H and O–H groups in total. The summed E-state index contributed by atoms with van der Waals surface area (Å²) in [4.78, 5) is 25.8. The molecule has 0 aromatic heterocycles. The van der Waals surface area contributed by atoms with Gasteiger partial charge in [0.2, 0.25) is 5.91 Å². The van der Waals surface area contributed by atoms with Gasteiger partial charge in [-0.05, 0) is 52.4 Å². The van der Waals surface area contributed by atoms with Crippen molar-refractivity contribution in [2.24, 2.45) is 11.8 Å². The summed E-state index contributed by atoms with van der Waals surface area (Å²) < 4.78 is 5.36. The number of ether oxygens (including phenoxy) is 1. The smallest absolute Gasteiger partial charge is 0.410 e. The van der Waals surface area contributed by atoms with Crippen molar-refractivity contribution in [2.45, 2.75) is 65.0 Å². The SMILES string of the molecule is CC1CC(NC(=O)C2CCN(C(=O)OC(C)(C)C)CC2)C1. The van der Waals surface area contributed by atoms with Crippen molar-refractivity contribution in [1.82, 2.24) is 10.2 Å². The Labute approximate surface area is 127 Å². The van der Waals surface area contributed by atoms with Crippen LogP contribution < -0.4 is 5.32 Å². The number of piperidine rings is 1. The maximum atomic E-state index is 12.2. The van der Waals surface area contributed by atoms with Gasteiger partial charge in [-0.25, -0.2) is 4.79 Å². The van der Waals surface area contributed by atoms with E-state index in [0.717, 1.165) is 31.6 Å². The lowest BCUT2D eigenvalue weighted by atomic mass is 9.81. The number of nitrogens with zero attached hydrogens (tertiary/aromatic N) is 1. The second kappa shape index (κ2) is 6.24. The Bertz CT molecular complexity index is 389. The lowest BCUT2D eigenvalue weighted by Gasteiger charge is -2.36. The van der Waals surface area contributed by atoms with Crippen molar-refractivity contribution in [3.05, 3.63) is 0 Å². The number of hydrogen-bond donors (Lipinski definition) is 1. The van der Waals surface area contributed by atoms with Gasteiger partial charge in [-0.2, -0.15) is 0 Å². The van der Waals surface area contributed by atoms with Crippen LogP contribution in [0.3, 0.4) is 0 Å². The van der Waals surface area contributed by atoms with E-state index in [2.05, 4.69) is 12.2 Å². The maximum absolute atomic E-state index is 12.2. The Morgan fingerprint density at radius 1 is 1.14 bits per heavy atom. The topological polar surface area (TPSA) is 58.6 Å². The van der Waals surface area contributed by atoms with Crippen LogP contribution in [0.15, 0.2) is 0 Å². The summed E-state index contributed by atoms with van der Waals surface area (Å²) >= 11 is 0. The summed E-state index contributed by atoms with van der Waals surface area (Å²) in [5, 5.41) is 3.13. The molecule has 1 saturated carbocycles. The molecule has 2 amide bonds. The third-order valence-electron chi connectivity index (χ3n) is 4.24. The van der Waals surface area contributed by atoms with Crippen molar-refractivity contribution in [1.29, 1.82) is 0 Å². The zero-order valence-electron chi connectivity index (χ0n) is 13.6. The van der Waals surface area contributed by atoms with Crippen LogP contribution in [0.2, 0.25) is 0 Å².